The molecule has 0 N–H and O–H groups in total. The maximum atomic E-state index is 13.2. The minimum absolute atomic E-state index is 0.202. The summed E-state index contributed by atoms with van der Waals surface area (Å²) in [5.74, 6) is -3.17. The third-order valence-corrected chi connectivity index (χ3v) is 5.70. The molecule has 1 saturated heterocycles. The average molecular weight is 541 g/mol. The molecule has 0 aromatic heterocycles. The Morgan fingerprint density at radius 1 is 0.656 bits per heavy atom. The third-order valence-electron chi connectivity index (χ3n) is 4.78. The van der Waals surface area contributed by atoms with Crippen LogP contribution in [0.4, 0.5) is 5.69 Å². The number of ether oxygens (including phenoxy) is 2. The van der Waals surface area contributed by atoms with Gasteiger partial charge in [0.05, 0.1) is 16.8 Å². The van der Waals surface area contributed by atoms with Crippen molar-refractivity contribution in [3.8, 4) is 0 Å². The zero-order chi connectivity index (χ0) is 22.7. The Morgan fingerprint density at radius 3 is 1.50 bits per heavy atom. The molecule has 7 nitrogen and oxygen atoms in total. The summed E-state index contributed by atoms with van der Waals surface area (Å²) in [5, 5.41) is 0. The third kappa shape index (κ3) is 4.26. The van der Waals surface area contributed by atoms with E-state index in [0.717, 1.165) is 4.90 Å². The van der Waals surface area contributed by atoms with Crippen LogP contribution in [0.25, 0.3) is 0 Å². The Kier molecular flexibility index (Phi) is 6.31. The van der Waals surface area contributed by atoms with Gasteiger partial charge < -0.3 is 9.47 Å². The summed E-state index contributed by atoms with van der Waals surface area (Å²) in [6, 6.07) is 22.9. The van der Waals surface area contributed by atoms with Crippen LogP contribution in [0.1, 0.15) is 20.7 Å². The van der Waals surface area contributed by atoms with Gasteiger partial charge >= 0.3 is 11.9 Å². The summed E-state index contributed by atoms with van der Waals surface area (Å²) in [4.78, 5) is 52.5. The van der Waals surface area contributed by atoms with Gasteiger partial charge in [0.15, 0.2) is 0 Å². The average Bonchev–Trinajstić information content (AvgIpc) is 3.04. The molecular formula is C24H16INO6. The van der Waals surface area contributed by atoms with E-state index in [0.29, 0.717) is 9.26 Å². The van der Waals surface area contributed by atoms with E-state index >= 15 is 0 Å². The van der Waals surface area contributed by atoms with Crippen molar-refractivity contribution in [2.45, 2.75) is 12.2 Å². The van der Waals surface area contributed by atoms with E-state index < -0.39 is 36.0 Å². The highest BCUT2D eigenvalue weighted by molar-refractivity contribution is 14.1. The molecule has 0 bridgehead atoms. The lowest BCUT2D eigenvalue weighted by Gasteiger charge is -2.16. The molecule has 0 aliphatic carbocycles. The quantitative estimate of drug-likeness (QED) is 0.279. The fourth-order valence-corrected chi connectivity index (χ4v) is 3.86. The molecule has 3 aromatic rings. The van der Waals surface area contributed by atoms with E-state index in [2.05, 4.69) is 0 Å². The lowest BCUT2D eigenvalue weighted by Crippen LogP contribution is -2.37. The molecule has 0 radical (unpaired) electrons. The van der Waals surface area contributed by atoms with Gasteiger partial charge in [-0.25, -0.2) is 14.5 Å². The van der Waals surface area contributed by atoms with E-state index in [9.17, 15) is 19.2 Å². The minimum atomic E-state index is -1.61. The van der Waals surface area contributed by atoms with E-state index in [1.54, 1.807) is 60.7 Å². The first kappa shape index (κ1) is 21.7. The number of para-hydroxylation sites is 1. The highest BCUT2D eigenvalue weighted by Crippen LogP contribution is 2.31. The van der Waals surface area contributed by atoms with Crippen LogP contribution in [0.2, 0.25) is 0 Å². The monoisotopic (exact) mass is 541 g/mol. The summed E-state index contributed by atoms with van der Waals surface area (Å²) in [5.41, 5.74) is 0.726. The number of carbonyl (C=O) groups is 4. The highest BCUT2D eigenvalue weighted by Gasteiger charge is 2.54. The van der Waals surface area contributed by atoms with Crippen LogP contribution >= 0.6 is 22.6 Å². The van der Waals surface area contributed by atoms with Crippen LogP contribution in [0.5, 0.6) is 0 Å². The number of rotatable bonds is 5. The molecule has 32 heavy (non-hydrogen) atoms. The van der Waals surface area contributed by atoms with E-state index in [1.807, 2.05) is 22.6 Å². The largest absolute Gasteiger partial charge is 0.444 e. The van der Waals surface area contributed by atoms with Crippen LogP contribution in [0, 0.1) is 3.57 Å². The van der Waals surface area contributed by atoms with E-state index in [-0.39, 0.29) is 11.1 Å². The number of halogens is 1. The van der Waals surface area contributed by atoms with Crippen LogP contribution in [-0.4, -0.2) is 36.0 Å². The number of hydrogen-bond donors (Lipinski definition) is 0. The summed E-state index contributed by atoms with van der Waals surface area (Å²) in [6.07, 6.45) is -3.22. The summed E-state index contributed by atoms with van der Waals surface area (Å²) in [7, 11) is 0. The van der Waals surface area contributed by atoms with Gasteiger partial charge in [0.2, 0.25) is 12.2 Å². The Balaban J connectivity index is 1.67. The van der Waals surface area contributed by atoms with Crippen LogP contribution in [0.3, 0.4) is 0 Å². The standard InChI is InChI=1S/C24H16INO6/c25-17-13-7-8-14-18(17)26-21(27)19(31-23(29)15-9-3-1-4-10-15)20(22(26)28)32-24(30)16-11-5-2-6-12-16/h1-14,19-20H/t19-,20-/m0/s1. The zero-order valence-electron chi connectivity index (χ0n) is 16.5. The van der Waals surface area contributed by atoms with Gasteiger partial charge in [-0.05, 0) is 59.0 Å². The van der Waals surface area contributed by atoms with Crippen molar-refractivity contribution in [2.75, 3.05) is 4.90 Å². The fraction of sp³-hybridized carbons (Fsp3) is 0.0833. The molecule has 0 spiro atoms. The molecule has 8 heteroatoms. The van der Waals surface area contributed by atoms with Gasteiger partial charge in [0.25, 0.3) is 11.8 Å². The minimum Gasteiger partial charge on any atom is -0.444 e. The number of carbonyl (C=O) groups excluding carboxylic acids is 4. The van der Waals surface area contributed by atoms with Crippen LogP contribution in [-0.2, 0) is 19.1 Å². The first-order chi connectivity index (χ1) is 15.5. The molecule has 2 amide bonds. The lowest BCUT2D eigenvalue weighted by molar-refractivity contribution is -0.130. The van der Waals surface area contributed by atoms with Crippen molar-refractivity contribution in [3.63, 3.8) is 0 Å². The number of hydrogen-bond acceptors (Lipinski definition) is 6. The van der Waals surface area contributed by atoms with Gasteiger partial charge in [-0.1, -0.05) is 48.5 Å². The van der Waals surface area contributed by atoms with E-state index in [4.69, 9.17) is 9.47 Å². The Labute approximate surface area is 197 Å². The number of amides is 2. The summed E-state index contributed by atoms with van der Waals surface area (Å²) in [6.45, 7) is 0. The topological polar surface area (TPSA) is 90.0 Å². The van der Waals surface area contributed by atoms with Crippen molar-refractivity contribution in [2.24, 2.45) is 0 Å². The van der Waals surface area contributed by atoms with Crippen LogP contribution in [0.15, 0.2) is 84.9 Å². The SMILES string of the molecule is O=C(O[C@@H]1C(=O)N(c2ccccc2I)C(=O)[C@H]1OC(=O)c1ccccc1)c1ccccc1. The maximum absolute atomic E-state index is 13.2. The van der Waals surface area contributed by atoms with E-state index in [1.165, 1.54) is 24.3 Å². The number of nitrogens with zero attached hydrogens (tertiary/aromatic N) is 1. The van der Waals surface area contributed by atoms with Gasteiger partial charge in [0, 0.05) is 3.57 Å². The smallest absolute Gasteiger partial charge is 0.339 e. The second kappa shape index (κ2) is 9.31. The normalized spacial score (nSPS) is 17.8. The molecule has 1 fully saturated rings. The molecular weight excluding hydrogens is 525 g/mol. The second-order valence-corrected chi connectivity index (χ2v) is 8.01. The number of imide groups is 1. The summed E-state index contributed by atoms with van der Waals surface area (Å²) >= 11 is 1.99. The van der Waals surface area contributed by atoms with Crippen molar-refractivity contribution < 1.29 is 28.7 Å². The van der Waals surface area contributed by atoms with Crippen molar-refractivity contribution in [1.82, 2.24) is 0 Å². The Morgan fingerprint density at radius 2 is 1.06 bits per heavy atom. The molecule has 2 atom stereocenters. The van der Waals surface area contributed by atoms with Gasteiger partial charge in [-0.3, -0.25) is 9.59 Å². The summed E-state index contributed by atoms with van der Waals surface area (Å²) < 4.78 is 11.4. The van der Waals surface area contributed by atoms with Crippen molar-refractivity contribution in [1.29, 1.82) is 0 Å². The zero-order valence-corrected chi connectivity index (χ0v) is 18.7. The molecule has 1 aliphatic heterocycles. The molecule has 160 valence electrons. The lowest BCUT2D eigenvalue weighted by atomic mass is 10.2. The molecule has 1 heterocycles. The first-order valence-corrected chi connectivity index (χ1v) is 10.7. The van der Waals surface area contributed by atoms with Gasteiger partial charge in [-0.2, -0.15) is 0 Å². The van der Waals surface area contributed by atoms with Crippen molar-refractivity contribution in [3.05, 3.63) is 99.6 Å². The molecule has 0 unspecified atom stereocenters. The van der Waals surface area contributed by atoms with Crippen LogP contribution < -0.4 is 4.90 Å². The second-order valence-electron chi connectivity index (χ2n) is 6.85. The molecule has 1 aliphatic rings. The van der Waals surface area contributed by atoms with Gasteiger partial charge in [-0.15, -0.1) is 0 Å². The predicted molar refractivity (Wildman–Crippen MR) is 123 cm³/mol. The Hall–Kier alpha value is -3.53. The number of anilines is 1. The Bertz CT molecular complexity index is 1110. The molecule has 0 saturated carbocycles. The van der Waals surface area contributed by atoms with Gasteiger partial charge in [0.1, 0.15) is 0 Å². The predicted octanol–water partition coefficient (Wildman–Crippen LogP) is 3.62. The fourth-order valence-electron chi connectivity index (χ4n) is 3.23. The van der Waals surface area contributed by atoms with Crippen molar-refractivity contribution >= 4 is 52.0 Å². The molecule has 3 aromatic carbocycles. The highest BCUT2D eigenvalue weighted by atomic mass is 127. The number of benzene rings is 3. The number of esters is 2. The molecule has 4 rings (SSSR count). The first-order valence-electron chi connectivity index (χ1n) is 9.62. The maximum Gasteiger partial charge on any atom is 0.339 e.